The summed E-state index contributed by atoms with van der Waals surface area (Å²) in [4.78, 5) is 24.2. The monoisotopic (exact) mass is 432 g/mol. The predicted octanol–water partition coefficient (Wildman–Crippen LogP) is 4.75. The summed E-state index contributed by atoms with van der Waals surface area (Å²) in [5.41, 5.74) is 0. The van der Waals surface area contributed by atoms with Gasteiger partial charge in [-0.25, -0.2) is 9.59 Å². The lowest BCUT2D eigenvalue weighted by molar-refractivity contribution is -0.181. The maximum Gasteiger partial charge on any atom is 0.338 e. The Bertz CT molecular complexity index is 414. The van der Waals surface area contributed by atoms with Crippen molar-refractivity contribution in [3.05, 3.63) is 0 Å². The Morgan fingerprint density at radius 2 is 1.13 bits per heavy atom. The summed E-state index contributed by atoms with van der Waals surface area (Å²) in [6, 6.07) is 0. The molecule has 0 aromatic rings. The van der Waals surface area contributed by atoms with Crippen molar-refractivity contribution in [2.45, 2.75) is 103 Å². The molecule has 0 aliphatic carbocycles. The number of rotatable bonds is 22. The molecule has 0 fully saturated rings. The summed E-state index contributed by atoms with van der Waals surface area (Å²) in [6.07, 6.45) is 10.2. The Hall–Kier alpha value is -1.18. The van der Waals surface area contributed by atoms with E-state index >= 15 is 0 Å². The molecule has 178 valence electrons. The Morgan fingerprint density at radius 3 is 1.60 bits per heavy atom. The van der Waals surface area contributed by atoms with Crippen molar-refractivity contribution in [1.82, 2.24) is 0 Å². The highest BCUT2D eigenvalue weighted by Crippen LogP contribution is 2.13. The third-order valence-corrected chi connectivity index (χ3v) is 4.87. The van der Waals surface area contributed by atoms with Gasteiger partial charge >= 0.3 is 11.9 Å². The first-order valence-corrected chi connectivity index (χ1v) is 11.7. The van der Waals surface area contributed by atoms with Crippen LogP contribution in [0.2, 0.25) is 0 Å². The number of esters is 1. The SMILES string of the molecule is CCCCCCCCOC(C(=O)O)C(OCCCCCCCC)C(=O)OCCOC. The highest BCUT2D eigenvalue weighted by atomic mass is 16.6. The molecule has 0 amide bonds. The first-order chi connectivity index (χ1) is 14.6. The highest BCUT2D eigenvalue weighted by molar-refractivity contribution is 5.84. The first-order valence-electron chi connectivity index (χ1n) is 11.7. The summed E-state index contributed by atoms with van der Waals surface area (Å²) < 4.78 is 21.2. The van der Waals surface area contributed by atoms with Gasteiger partial charge in [0.25, 0.3) is 0 Å². The van der Waals surface area contributed by atoms with Gasteiger partial charge in [0, 0.05) is 20.3 Å². The van der Waals surface area contributed by atoms with Crippen LogP contribution in [-0.4, -0.2) is 62.8 Å². The van der Waals surface area contributed by atoms with Gasteiger partial charge in [0.05, 0.1) is 6.61 Å². The molecule has 1 N–H and O–H groups in total. The fraction of sp³-hybridized carbons (Fsp3) is 0.913. The predicted molar refractivity (Wildman–Crippen MR) is 117 cm³/mol. The number of carboxylic acid groups (broad SMARTS) is 1. The van der Waals surface area contributed by atoms with Gasteiger partial charge in [-0.15, -0.1) is 0 Å². The molecule has 7 heteroatoms. The molecule has 0 aromatic carbocycles. The van der Waals surface area contributed by atoms with Gasteiger partial charge in [-0.2, -0.15) is 0 Å². The number of carboxylic acids is 1. The molecule has 0 saturated carbocycles. The number of hydrogen-bond donors (Lipinski definition) is 1. The average Bonchev–Trinajstić information content (AvgIpc) is 2.73. The Labute approximate surface area is 182 Å². The molecule has 0 saturated heterocycles. The molecule has 0 spiro atoms. The molecular formula is C23H44O7. The summed E-state index contributed by atoms with van der Waals surface area (Å²) in [6.45, 7) is 5.21. The van der Waals surface area contributed by atoms with Crippen LogP contribution >= 0.6 is 0 Å². The minimum Gasteiger partial charge on any atom is -0.479 e. The van der Waals surface area contributed by atoms with E-state index in [9.17, 15) is 14.7 Å². The molecular weight excluding hydrogens is 388 g/mol. The van der Waals surface area contributed by atoms with Crippen LogP contribution in [0.1, 0.15) is 90.9 Å². The average molecular weight is 433 g/mol. The van der Waals surface area contributed by atoms with Gasteiger partial charge in [0.1, 0.15) is 6.61 Å². The molecule has 0 heterocycles. The van der Waals surface area contributed by atoms with Crippen LogP contribution in [0.3, 0.4) is 0 Å². The van der Waals surface area contributed by atoms with E-state index in [2.05, 4.69) is 13.8 Å². The van der Waals surface area contributed by atoms with Gasteiger partial charge < -0.3 is 24.1 Å². The number of carbonyl (C=O) groups excluding carboxylic acids is 1. The normalized spacial score (nSPS) is 13.2. The van der Waals surface area contributed by atoms with Gasteiger partial charge in [0.15, 0.2) is 12.2 Å². The minimum atomic E-state index is -1.37. The van der Waals surface area contributed by atoms with Gasteiger partial charge in [-0.3, -0.25) is 0 Å². The number of unbranched alkanes of at least 4 members (excludes halogenated alkanes) is 10. The Morgan fingerprint density at radius 1 is 0.667 bits per heavy atom. The molecule has 0 rings (SSSR count). The van der Waals surface area contributed by atoms with E-state index in [0.29, 0.717) is 6.61 Å². The zero-order chi connectivity index (χ0) is 22.5. The van der Waals surface area contributed by atoms with Crippen LogP contribution < -0.4 is 0 Å². The topological polar surface area (TPSA) is 91.3 Å². The standard InChI is InChI=1S/C23H44O7/c1-4-6-8-10-12-14-16-28-20(22(24)25)21(23(26)30-19-18-27-3)29-17-15-13-11-9-7-5-2/h20-21H,4-19H2,1-3H3,(H,24,25). The summed E-state index contributed by atoms with van der Waals surface area (Å²) in [5, 5.41) is 9.60. The summed E-state index contributed by atoms with van der Waals surface area (Å²) in [5.74, 6) is -1.93. The van der Waals surface area contributed by atoms with Crippen LogP contribution in [0.15, 0.2) is 0 Å². The lowest BCUT2D eigenvalue weighted by atomic mass is 10.1. The smallest absolute Gasteiger partial charge is 0.338 e. The number of aliphatic carboxylic acids is 1. The van der Waals surface area contributed by atoms with Crippen molar-refractivity contribution in [3.8, 4) is 0 Å². The second-order valence-corrected chi connectivity index (χ2v) is 7.62. The second kappa shape index (κ2) is 21.1. The lowest BCUT2D eigenvalue weighted by Gasteiger charge is -2.23. The molecule has 0 bridgehead atoms. The minimum absolute atomic E-state index is 0.0516. The third-order valence-electron chi connectivity index (χ3n) is 4.87. The first kappa shape index (κ1) is 28.8. The van der Waals surface area contributed by atoms with Crippen molar-refractivity contribution in [3.63, 3.8) is 0 Å². The summed E-state index contributed by atoms with van der Waals surface area (Å²) in [7, 11) is 1.50. The van der Waals surface area contributed by atoms with Gasteiger partial charge in [-0.1, -0.05) is 78.1 Å². The van der Waals surface area contributed by atoms with Crippen molar-refractivity contribution in [2.24, 2.45) is 0 Å². The molecule has 2 unspecified atom stereocenters. The zero-order valence-corrected chi connectivity index (χ0v) is 19.4. The molecule has 0 aromatic heterocycles. The van der Waals surface area contributed by atoms with E-state index in [4.69, 9.17) is 18.9 Å². The van der Waals surface area contributed by atoms with Crippen molar-refractivity contribution < 1.29 is 33.6 Å². The number of ether oxygens (including phenoxy) is 4. The van der Waals surface area contributed by atoms with Crippen LogP contribution in [0.4, 0.5) is 0 Å². The maximum absolute atomic E-state index is 12.4. The Kier molecular flexibility index (Phi) is 20.2. The molecule has 0 aliphatic heterocycles. The van der Waals surface area contributed by atoms with E-state index in [0.717, 1.165) is 38.5 Å². The van der Waals surface area contributed by atoms with E-state index < -0.39 is 24.1 Å². The zero-order valence-electron chi connectivity index (χ0n) is 19.4. The molecule has 7 nitrogen and oxygen atoms in total. The Balaban J connectivity index is 4.57. The summed E-state index contributed by atoms with van der Waals surface area (Å²) >= 11 is 0. The van der Waals surface area contributed by atoms with E-state index in [1.165, 1.54) is 45.6 Å². The van der Waals surface area contributed by atoms with E-state index in [1.807, 2.05) is 0 Å². The maximum atomic E-state index is 12.4. The molecule has 0 aliphatic rings. The number of hydrogen-bond acceptors (Lipinski definition) is 6. The quantitative estimate of drug-likeness (QED) is 0.195. The van der Waals surface area contributed by atoms with Crippen molar-refractivity contribution >= 4 is 11.9 Å². The highest BCUT2D eigenvalue weighted by Gasteiger charge is 2.37. The third kappa shape index (κ3) is 15.6. The largest absolute Gasteiger partial charge is 0.479 e. The van der Waals surface area contributed by atoms with Crippen molar-refractivity contribution in [1.29, 1.82) is 0 Å². The lowest BCUT2D eigenvalue weighted by Crippen LogP contribution is -2.45. The fourth-order valence-electron chi connectivity index (χ4n) is 3.06. The number of methoxy groups -OCH3 is 1. The molecule has 2 atom stereocenters. The van der Waals surface area contributed by atoms with Crippen LogP contribution in [-0.2, 0) is 28.5 Å². The van der Waals surface area contributed by atoms with Crippen molar-refractivity contribution in [2.75, 3.05) is 33.5 Å². The van der Waals surface area contributed by atoms with Crippen LogP contribution in [0, 0.1) is 0 Å². The second-order valence-electron chi connectivity index (χ2n) is 7.62. The van der Waals surface area contributed by atoms with Gasteiger partial charge in [0.2, 0.25) is 0 Å². The number of carbonyl (C=O) groups is 2. The van der Waals surface area contributed by atoms with E-state index in [-0.39, 0.29) is 19.8 Å². The van der Waals surface area contributed by atoms with E-state index in [1.54, 1.807) is 0 Å². The fourth-order valence-corrected chi connectivity index (χ4v) is 3.06. The molecule has 30 heavy (non-hydrogen) atoms. The van der Waals surface area contributed by atoms with Gasteiger partial charge in [-0.05, 0) is 12.8 Å². The molecule has 0 radical (unpaired) electrons. The van der Waals surface area contributed by atoms with Crippen LogP contribution in [0.25, 0.3) is 0 Å². The van der Waals surface area contributed by atoms with Crippen LogP contribution in [0.5, 0.6) is 0 Å².